The van der Waals surface area contributed by atoms with Crippen LogP contribution in [-0.2, 0) is 0 Å². The van der Waals surface area contributed by atoms with Gasteiger partial charge in [0.25, 0.3) is 0 Å². The van der Waals surface area contributed by atoms with E-state index < -0.39 is 0 Å². The van der Waals surface area contributed by atoms with Gasteiger partial charge < -0.3 is 5.11 Å². The Morgan fingerprint density at radius 2 is 2.43 bits per heavy atom. The average Bonchev–Trinajstić information content (AvgIpc) is 2.57. The van der Waals surface area contributed by atoms with Crippen molar-refractivity contribution in [3.8, 4) is 11.8 Å². The van der Waals surface area contributed by atoms with Crippen molar-refractivity contribution in [1.29, 1.82) is 0 Å². The summed E-state index contributed by atoms with van der Waals surface area (Å²) in [5, 5.41) is 12.6. The van der Waals surface area contributed by atoms with Crippen molar-refractivity contribution in [2.24, 2.45) is 0 Å². The molecule has 2 aromatic heterocycles. The maximum absolute atomic E-state index is 8.53. The van der Waals surface area contributed by atoms with E-state index in [1.165, 1.54) is 0 Å². The fourth-order valence-corrected chi connectivity index (χ4v) is 1.40. The SMILES string of the molecule is OCC#Cc1ccn2ncc(Br)c2n1. The highest BCUT2D eigenvalue weighted by atomic mass is 79.9. The molecule has 0 unspecified atom stereocenters. The lowest BCUT2D eigenvalue weighted by Gasteiger charge is -1.93. The quantitative estimate of drug-likeness (QED) is 0.707. The third kappa shape index (κ3) is 1.62. The zero-order valence-corrected chi connectivity index (χ0v) is 8.69. The lowest BCUT2D eigenvalue weighted by Crippen LogP contribution is -1.91. The highest BCUT2D eigenvalue weighted by Crippen LogP contribution is 2.14. The van der Waals surface area contributed by atoms with Crippen LogP contribution in [-0.4, -0.2) is 26.3 Å². The van der Waals surface area contributed by atoms with Crippen LogP contribution in [0.1, 0.15) is 5.69 Å². The van der Waals surface area contributed by atoms with Gasteiger partial charge in [-0.15, -0.1) is 0 Å². The molecule has 0 aliphatic carbocycles. The van der Waals surface area contributed by atoms with Crippen molar-refractivity contribution in [2.45, 2.75) is 0 Å². The summed E-state index contributed by atoms with van der Waals surface area (Å²) < 4.78 is 2.47. The van der Waals surface area contributed by atoms with Crippen LogP contribution < -0.4 is 0 Å². The molecule has 0 bridgehead atoms. The summed E-state index contributed by atoms with van der Waals surface area (Å²) in [6.45, 7) is -0.159. The summed E-state index contributed by atoms with van der Waals surface area (Å²) in [6.07, 6.45) is 3.44. The number of rotatable bonds is 0. The normalized spacial score (nSPS) is 9.86. The molecule has 0 aliphatic rings. The summed E-state index contributed by atoms with van der Waals surface area (Å²) in [6, 6.07) is 1.75. The molecule has 5 heteroatoms. The van der Waals surface area contributed by atoms with E-state index in [0.29, 0.717) is 5.69 Å². The molecule has 2 aromatic rings. The Kier molecular flexibility index (Phi) is 2.48. The van der Waals surface area contributed by atoms with Crippen LogP contribution in [0.4, 0.5) is 0 Å². The number of halogens is 1. The van der Waals surface area contributed by atoms with Gasteiger partial charge in [-0.2, -0.15) is 5.10 Å². The minimum absolute atomic E-state index is 0.159. The number of hydrogen-bond acceptors (Lipinski definition) is 3. The Morgan fingerprint density at radius 1 is 1.57 bits per heavy atom. The topological polar surface area (TPSA) is 50.4 Å². The van der Waals surface area contributed by atoms with Crippen molar-refractivity contribution in [2.75, 3.05) is 6.61 Å². The van der Waals surface area contributed by atoms with Gasteiger partial charge in [-0.25, -0.2) is 9.50 Å². The van der Waals surface area contributed by atoms with Gasteiger partial charge in [0.2, 0.25) is 0 Å². The second-order valence-corrected chi connectivity index (χ2v) is 3.39. The van der Waals surface area contributed by atoms with Crippen LogP contribution in [0.5, 0.6) is 0 Å². The molecule has 0 aromatic carbocycles. The van der Waals surface area contributed by atoms with Crippen LogP contribution in [0.2, 0.25) is 0 Å². The van der Waals surface area contributed by atoms with Gasteiger partial charge in [-0.1, -0.05) is 5.92 Å². The lowest BCUT2D eigenvalue weighted by molar-refractivity contribution is 0.350. The predicted octanol–water partition coefficient (Wildman–Crippen LogP) is 0.836. The minimum atomic E-state index is -0.159. The number of nitrogens with zero attached hydrogens (tertiary/aromatic N) is 3. The van der Waals surface area contributed by atoms with Gasteiger partial charge in [-0.3, -0.25) is 0 Å². The number of fused-ring (bicyclic) bond motifs is 1. The summed E-state index contributed by atoms with van der Waals surface area (Å²) in [5.41, 5.74) is 1.34. The van der Waals surface area contributed by atoms with Crippen molar-refractivity contribution in [3.05, 3.63) is 28.6 Å². The Bertz CT molecular complexity index is 524. The van der Waals surface area contributed by atoms with Crippen LogP contribution in [0.3, 0.4) is 0 Å². The van der Waals surface area contributed by atoms with Gasteiger partial charge in [0, 0.05) is 6.20 Å². The number of aromatic nitrogens is 3. The molecule has 2 rings (SSSR count). The molecule has 0 amide bonds. The third-order valence-electron chi connectivity index (χ3n) is 1.62. The van der Waals surface area contributed by atoms with E-state index in [1.54, 1.807) is 23.0 Å². The Labute approximate surface area is 88.7 Å². The van der Waals surface area contributed by atoms with E-state index in [9.17, 15) is 0 Å². The minimum Gasteiger partial charge on any atom is -0.384 e. The van der Waals surface area contributed by atoms with Gasteiger partial charge in [0.15, 0.2) is 5.65 Å². The van der Waals surface area contributed by atoms with E-state index in [1.807, 2.05) is 0 Å². The molecule has 0 atom stereocenters. The number of aliphatic hydroxyl groups excluding tert-OH is 1. The predicted molar refractivity (Wildman–Crippen MR) is 54.7 cm³/mol. The summed E-state index contributed by atoms with van der Waals surface area (Å²) in [4.78, 5) is 4.24. The van der Waals surface area contributed by atoms with Gasteiger partial charge >= 0.3 is 0 Å². The molecule has 0 fully saturated rings. The Morgan fingerprint density at radius 3 is 3.21 bits per heavy atom. The first-order chi connectivity index (χ1) is 6.81. The standard InChI is InChI=1S/C9H6BrN3O/c10-8-6-11-13-4-3-7(2-1-5-14)12-9(8)13/h3-4,6,14H,5H2. The monoisotopic (exact) mass is 251 g/mol. The van der Waals surface area contributed by atoms with E-state index >= 15 is 0 Å². The second-order valence-electron chi connectivity index (χ2n) is 2.53. The number of hydrogen-bond donors (Lipinski definition) is 1. The van der Waals surface area contributed by atoms with Gasteiger partial charge in [0.05, 0.1) is 10.7 Å². The van der Waals surface area contributed by atoms with Gasteiger partial charge in [-0.05, 0) is 27.9 Å². The maximum Gasteiger partial charge on any atom is 0.170 e. The molecule has 1 N–H and O–H groups in total. The van der Waals surface area contributed by atoms with E-state index in [4.69, 9.17) is 5.11 Å². The van der Waals surface area contributed by atoms with E-state index in [-0.39, 0.29) is 6.61 Å². The molecular formula is C9H6BrN3O. The summed E-state index contributed by atoms with van der Waals surface area (Å²) in [7, 11) is 0. The summed E-state index contributed by atoms with van der Waals surface area (Å²) in [5.74, 6) is 5.27. The number of aliphatic hydroxyl groups is 1. The first-order valence-corrected chi connectivity index (χ1v) is 4.70. The third-order valence-corrected chi connectivity index (χ3v) is 2.18. The molecular weight excluding hydrogens is 246 g/mol. The highest BCUT2D eigenvalue weighted by molar-refractivity contribution is 9.10. The van der Waals surface area contributed by atoms with E-state index in [0.717, 1.165) is 10.1 Å². The molecule has 14 heavy (non-hydrogen) atoms. The molecule has 0 spiro atoms. The fourth-order valence-electron chi connectivity index (χ4n) is 1.04. The second kappa shape index (κ2) is 3.78. The zero-order valence-electron chi connectivity index (χ0n) is 7.11. The smallest absolute Gasteiger partial charge is 0.170 e. The molecule has 2 heterocycles. The maximum atomic E-state index is 8.53. The van der Waals surface area contributed by atoms with Crippen LogP contribution in [0.15, 0.2) is 22.9 Å². The first kappa shape index (κ1) is 9.19. The van der Waals surface area contributed by atoms with Crippen LogP contribution in [0.25, 0.3) is 5.65 Å². The Hall–Kier alpha value is -1.38. The first-order valence-electron chi connectivity index (χ1n) is 3.91. The Balaban J connectivity index is 2.54. The molecule has 0 saturated carbocycles. The molecule has 70 valence electrons. The largest absolute Gasteiger partial charge is 0.384 e. The molecule has 4 nitrogen and oxygen atoms in total. The van der Waals surface area contributed by atoms with Gasteiger partial charge in [0.1, 0.15) is 12.3 Å². The zero-order chi connectivity index (χ0) is 9.97. The summed E-state index contributed by atoms with van der Waals surface area (Å²) >= 11 is 3.33. The molecule has 0 radical (unpaired) electrons. The van der Waals surface area contributed by atoms with Crippen LogP contribution >= 0.6 is 15.9 Å². The van der Waals surface area contributed by atoms with Crippen molar-refractivity contribution < 1.29 is 5.11 Å². The van der Waals surface area contributed by atoms with Crippen molar-refractivity contribution in [1.82, 2.24) is 14.6 Å². The highest BCUT2D eigenvalue weighted by Gasteiger charge is 2.01. The van der Waals surface area contributed by atoms with Crippen LogP contribution in [0, 0.1) is 11.8 Å². The molecule has 0 saturated heterocycles. The van der Waals surface area contributed by atoms with E-state index in [2.05, 4.69) is 37.9 Å². The fraction of sp³-hybridized carbons (Fsp3) is 0.111. The lowest BCUT2D eigenvalue weighted by atomic mass is 10.4. The van der Waals surface area contributed by atoms with Crippen molar-refractivity contribution in [3.63, 3.8) is 0 Å². The average molecular weight is 252 g/mol. The molecule has 0 aliphatic heterocycles. The van der Waals surface area contributed by atoms with Crippen molar-refractivity contribution >= 4 is 21.6 Å².